The van der Waals surface area contributed by atoms with E-state index in [-0.39, 0.29) is 62.9 Å². The van der Waals surface area contributed by atoms with Crippen molar-refractivity contribution >= 4 is 46.0 Å². The second-order valence-electron chi connectivity index (χ2n) is 23.2. The first-order chi connectivity index (χ1) is 38.6. The number of piperidine rings is 1. The Hall–Kier alpha value is -7.44. The van der Waals surface area contributed by atoms with Crippen molar-refractivity contribution < 1.29 is 53.1 Å². The van der Waals surface area contributed by atoms with Crippen LogP contribution in [0.5, 0.6) is 0 Å². The van der Waals surface area contributed by atoms with Crippen LogP contribution in [0.25, 0.3) is 44.6 Å². The zero-order valence-electron chi connectivity index (χ0n) is 47.9. The van der Waals surface area contributed by atoms with E-state index in [4.69, 9.17) is 33.7 Å². The van der Waals surface area contributed by atoms with Crippen molar-refractivity contribution in [2.45, 2.75) is 196 Å². The van der Waals surface area contributed by atoms with Gasteiger partial charge in [0.2, 0.25) is 5.60 Å². The lowest BCUT2D eigenvalue weighted by atomic mass is 9.85. The Morgan fingerprint density at radius 2 is 1.18 bits per heavy atom. The highest BCUT2D eigenvalue weighted by molar-refractivity contribution is 5.91. The number of aliphatic hydroxyl groups is 2. The summed E-state index contributed by atoms with van der Waals surface area (Å²) in [5.41, 5.74) is 8.15. The highest BCUT2D eigenvalue weighted by Gasteiger charge is 2.52. The van der Waals surface area contributed by atoms with Gasteiger partial charge in [0, 0.05) is 46.1 Å². The molecule has 2 atom stereocenters. The van der Waals surface area contributed by atoms with E-state index in [0.717, 1.165) is 100 Å². The summed E-state index contributed by atoms with van der Waals surface area (Å²) < 4.78 is 30.6. The third-order valence-corrected chi connectivity index (χ3v) is 16.8. The third kappa shape index (κ3) is 10.7. The Balaban J connectivity index is 0.000000163. The van der Waals surface area contributed by atoms with Gasteiger partial charge in [0.1, 0.15) is 24.9 Å². The minimum Gasteiger partial charge on any atom is -0.458 e. The van der Waals surface area contributed by atoms with Crippen LogP contribution in [0.3, 0.4) is 0 Å². The van der Waals surface area contributed by atoms with Gasteiger partial charge in [0.25, 0.3) is 11.1 Å². The van der Waals surface area contributed by atoms with Crippen molar-refractivity contribution in [1.29, 1.82) is 0 Å². The molecule has 12 rings (SSSR count). The summed E-state index contributed by atoms with van der Waals surface area (Å²) in [6.07, 6.45) is 6.17. The number of rotatable bonds is 6. The molecule has 2 unspecified atom stereocenters. The molecule has 1 saturated heterocycles. The molecule has 6 aliphatic rings. The van der Waals surface area contributed by atoms with Crippen LogP contribution >= 0.6 is 0 Å². The fraction of sp³-hybridized carbons (Fsp3) is 0.500. The smallest absolute Gasteiger partial charge is 0.458 e. The summed E-state index contributed by atoms with van der Waals surface area (Å²) in [6, 6.07) is 15.9. The number of hydrogen-bond acceptors (Lipinski definition) is 15. The summed E-state index contributed by atoms with van der Waals surface area (Å²) in [4.78, 5) is 88.5. The molecular weight excluding hydrogens is 1050 g/mol. The number of amides is 1. The van der Waals surface area contributed by atoms with E-state index in [0.29, 0.717) is 72.7 Å². The van der Waals surface area contributed by atoms with Gasteiger partial charge in [0.15, 0.2) is 5.60 Å². The minimum atomic E-state index is -1.80. The lowest BCUT2D eigenvalue weighted by Gasteiger charge is -2.35. The molecule has 2 fully saturated rings. The Kier molecular flexibility index (Phi) is 16.7. The number of aromatic nitrogens is 4. The first-order valence-corrected chi connectivity index (χ1v) is 28.6. The van der Waals surface area contributed by atoms with Crippen LogP contribution in [-0.4, -0.2) is 89.3 Å². The van der Waals surface area contributed by atoms with Crippen LogP contribution in [0.1, 0.15) is 169 Å². The van der Waals surface area contributed by atoms with Crippen molar-refractivity contribution in [2.75, 3.05) is 13.1 Å². The number of aliphatic hydroxyl groups excluding tert-OH is 1. The second kappa shape index (κ2) is 23.1. The van der Waals surface area contributed by atoms with Gasteiger partial charge in [-0.05, 0) is 146 Å². The van der Waals surface area contributed by atoms with E-state index in [9.17, 15) is 39.0 Å². The molecular formula is C64H77N5O13. The van der Waals surface area contributed by atoms with E-state index < -0.39 is 34.9 Å². The molecule has 6 aromatic rings. The fourth-order valence-corrected chi connectivity index (χ4v) is 12.4. The fourth-order valence-electron chi connectivity index (χ4n) is 12.4. The molecule has 9 heterocycles. The van der Waals surface area contributed by atoms with E-state index in [1.165, 1.54) is 11.1 Å². The van der Waals surface area contributed by atoms with Crippen molar-refractivity contribution in [2.24, 2.45) is 0 Å². The first-order valence-electron chi connectivity index (χ1n) is 28.6. The molecule has 0 bridgehead atoms. The average molecular weight is 1120 g/mol. The van der Waals surface area contributed by atoms with Gasteiger partial charge in [-0.1, -0.05) is 64.8 Å². The van der Waals surface area contributed by atoms with Gasteiger partial charge in [-0.2, -0.15) is 0 Å². The van der Waals surface area contributed by atoms with Gasteiger partial charge >= 0.3 is 24.2 Å². The monoisotopic (exact) mass is 1120 g/mol. The number of pyridine rings is 4. The molecule has 436 valence electrons. The first kappa shape index (κ1) is 59.2. The van der Waals surface area contributed by atoms with Gasteiger partial charge in [-0.25, -0.2) is 29.1 Å². The minimum absolute atomic E-state index is 0. The lowest BCUT2D eigenvalue weighted by Crippen LogP contribution is -2.48. The molecule has 82 heavy (non-hydrogen) atoms. The predicted molar refractivity (Wildman–Crippen MR) is 309 cm³/mol. The van der Waals surface area contributed by atoms with Gasteiger partial charge < -0.3 is 47.9 Å². The van der Waals surface area contributed by atoms with E-state index in [2.05, 4.69) is 39.8 Å². The number of aryl methyl sites for hydroxylation is 4. The molecule has 2 aromatic carbocycles. The zero-order valence-corrected chi connectivity index (χ0v) is 47.9. The van der Waals surface area contributed by atoms with Crippen LogP contribution in [0.2, 0.25) is 0 Å². The van der Waals surface area contributed by atoms with E-state index >= 15 is 0 Å². The zero-order chi connectivity index (χ0) is 57.9. The van der Waals surface area contributed by atoms with Crippen LogP contribution in [0.4, 0.5) is 9.59 Å². The number of nitrogens with zero attached hydrogens (tertiary/aromatic N) is 5. The van der Waals surface area contributed by atoms with Gasteiger partial charge in [0.05, 0.1) is 64.1 Å². The standard InChI is InChI=1S/C30H32N2O6.C23H22N2O4.C10H19NO3.CH4/c1-4-19-20-13-17(3)11-12-24(20)31-26-21(19)15-32-25(26)14-23-22(27(32)33)16-36-28(34)30(23,5-2)38-29(35)37-18-9-7-6-8-10-18;1-4-13-14-8-12(3)6-7-18(14)24-20-15(13)10-25-19(20)9-17-16(21(25)26)11-29-22(27)23(17,28)5-2;1-10(2,3)14-9(13)11-6-4-8(12)5-7-11;/h11-14,18H,4-10,15-16H2,1-3H3;6-9,28H,4-5,10-11H2,1-3H3;8,12H,4-7H2,1-3H3;1H4. The topological polar surface area (TPSA) is 228 Å². The average Bonchev–Trinajstić information content (AvgIpc) is 2.00. The normalized spacial score (nSPS) is 19.8. The van der Waals surface area contributed by atoms with Crippen LogP contribution in [0, 0.1) is 13.8 Å². The lowest BCUT2D eigenvalue weighted by molar-refractivity contribution is -0.176. The molecule has 2 N–H and O–H groups in total. The Morgan fingerprint density at radius 1 is 0.683 bits per heavy atom. The number of benzene rings is 2. The largest absolute Gasteiger partial charge is 0.510 e. The predicted octanol–water partition coefficient (Wildman–Crippen LogP) is 10.4. The van der Waals surface area contributed by atoms with Crippen LogP contribution in [-0.2, 0) is 83.6 Å². The highest BCUT2D eigenvalue weighted by atomic mass is 16.7. The van der Waals surface area contributed by atoms with Crippen molar-refractivity contribution in [3.8, 4) is 22.8 Å². The van der Waals surface area contributed by atoms with Crippen LogP contribution in [0.15, 0.2) is 58.1 Å². The molecule has 5 aliphatic heterocycles. The number of fused-ring (bicyclic) bond motifs is 10. The van der Waals surface area contributed by atoms with Gasteiger partial charge in [-0.3, -0.25) is 9.59 Å². The van der Waals surface area contributed by atoms with E-state index in [1.807, 2.05) is 45.0 Å². The highest BCUT2D eigenvalue weighted by Crippen LogP contribution is 2.44. The van der Waals surface area contributed by atoms with E-state index in [1.54, 1.807) is 40.0 Å². The van der Waals surface area contributed by atoms with Crippen molar-refractivity contribution in [3.63, 3.8) is 0 Å². The molecule has 1 amide bonds. The third-order valence-electron chi connectivity index (χ3n) is 16.8. The molecule has 4 aromatic heterocycles. The number of ether oxygens (including phenoxy) is 5. The molecule has 1 aliphatic carbocycles. The van der Waals surface area contributed by atoms with Crippen LogP contribution < -0.4 is 11.1 Å². The Morgan fingerprint density at radius 3 is 1.67 bits per heavy atom. The SMILES string of the molecule is C.CC(C)(C)OC(=O)N1CCC(O)CC1.CCc1c2c(nc3ccc(C)cc13)-c1cc3c(c(=O)n1C2)COC(=O)C3(CC)OC(=O)OC1CCCCC1.CCc1c2c(nc3ccc(C)cc13)-c1cc3c(c(=O)n1C2)COC(=O)C3(O)CC. The second-order valence-corrected chi connectivity index (χ2v) is 23.2. The molecule has 18 nitrogen and oxygen atoms in total. The number of hydrogen-bond donors (Lipinski definition) is 2. The summed E-state index contributed by atoms with van der Waals surface area (Å²) in [6.45, 7) is 19.1. The summed E-state index contributed by atoms with van der Waals surface area (Å²) in [5.74, 6) is -1.39. The number of esters is 2. The number of carbonyl (C=O) groups is 4. The molecule has 0 radical (unpaired) electrons. The Labute approximate surface area is 477 Å². The maximum absolute atomic E-state index is 13.8. The number of likely N-dealkylation sites (tertiary alicyclic amines) is 1. The quantitative estimate of drug-likeness (QED) is 0.117. The molecule has 0 spiro atoms. The molecule has 18 heteroatoms. The summed E-state index contributed by atoms with van der Waals surface area (Å²) in [5, 5.41) is 22.4. The van der Waals surface area contributed by atoms with Crippen molar-refractivity contribution in [1.82, 2.24) is 24.0 Å². The maximum atomic E-state index is 13.8. The summed E-state index contributed by atoms with van der Waals surface area (Å²) in [7, 11) is 0. The molecule has 1 saturated carbocycles. The maximum Gasteiger partial charge on any atom is 0.510 e. The number of cyclic esters (lactones) is 2. The Bertz CT molecular complexity index is 3660. The van der Waals surface area contributed by atoms with Gasteiger partial charge in [-0.15, -0.1) is 0 Å². The number of carbonyl (C=O) groups excluding carboxylic acids is 4. The summed E-state index contributed by atoms with van der Waals surface area (Å²) >= 11 is 0. The van der Waals surface area contributed by atoms with Crippen molar-refractivity contribution in [3.05, 3.63) is 125 Å².